The Morgan fingerprint density at radius 3 is 2.37 bits per heavy atom. The first kappa shape index (κ1) is 25.5. The Kier molecular flexibility index (Phi) is 9.05. The van der Waals surface area contributed by atoms with Gasteiger partial charge in [0.1, 0.15) is 0 Å². The summed E-state index contributed by atoms with van der Waals surface area (Å²) in [6.45, 7) is 9.25. The molecule has 2 aliphatic heterocycles. The molecule has 6 nitrogen and oxygen atoms in total. The van der Waals surface area contributed by atoms with E-state index in [0.29, 0.717) is 12.3 Å². The Morgan fingerprint density at radius 1 is 0.971 bits per heavy atom. The monoisotopic (exact) mass is 496 g/mol. The average molecular weight is 497 g/mol. The minimum absolute atomic E-state index is 0.0984. The molecule has 0 radical (unpaired) electrons. The molecule has 0 aromatic heterocycles. The number of nitrogens with zero attached hydrogens (tertiary/aromatic N) is 3. The molecule has 188 valence electrons. The third-order valence-corrected chi connectivity index (χ3v) is 7.43. The number of hydrogen-bond donors (Lipinski definition) is 1. The van der Waals surface area contributed by atoms with Crippen LogP contribution >= 0.6 is 11.6 Å². The molecule has 2 fully saturated rings. The zero-order valence-corrected chi connectivity index (χ0v) is 21.5. The molecule has 2 heterocycles. The van der Waals surface area contributed by atoms with Gasteiger partial charge in [-0.25, -0.2) is 0 Å². The van der Waals surface area contributed by atoms with E-state index in [2.05, 4.69) is 21.2 Å². The third kappa shape index (κ3) is 7.45. The Labute approximate surface area is 214 Å². The topological polar surface area (TPSA) is 55.9 Å². The van der Waals surface area contributed by atoms with Crippen molar-refractivity contribution in [2.24, 2.45) is 5.92 Å². The van der Waals surface area contributed by atoms with Gasteiger partial charge in [0.15, 0.2) is 0 Å². The first-order valence-electron chi connectivity index (χ1n) is 12.8. The fraction of sp³-hybridized carbons (Fsp3) is 0.500. The van der Waals surface area contributed by atoms with Gasteiger partial charge in [-0.3, -0.25) is 14.5 Å². The summed E-state index contributed by atoms with van der Waals surface area (Å²) in [5.74, 6) is 0.594. The molecule has 0 atom stereocenters. The molecule has 2 aromatic carbocycles. The van der Waals surface area contributed by atoms with Crippen molar-refractivity contribution in [2.45, 2.75) is 32.6 Å². The summed E-state index contributed by atoms with van der Waals surface area (Å²) in [6.07, 6.45) is 3.31. The molecule has 7 heteroatoms. The van der Waals surface area contributed by atoms with Crippen LogP contribution in [0.25, 0.3) is 0 Å². The van der Waals surface area contributed by atoms with E-state index in [-0.39, 0.29) is 11.8 Å². The molecular weight excluding hydrogens is 460 g/mol. The number of amides is 2. The van der Waals surface area contributed by atoms with Crippen LogP contribution in [0.4, 0.5) is 5.69 Å². The number of hydrogen-bond acceptors (Lipinski definition) is 4. The number of carbonyl (C=O) groups excluding carboxylic acids is 2. The van der Waals surface area contributed by atoms with Crippen molar-refractivity contribution < 1.29 is 9.59 Å². The molecule has 2 saturated heterocycles. The number of anilines is 1. The van der Waals surface area contributed by atoms with Crippen molar-refractivity contribution in [3.63, 3.8) is 0 Å². The Morgan fingerprint density at radius 2 is 1.69 bits per heavy atom. The number of carbonyl (C=O) groups is 2. The number of likely N-dealkylation sites (tertiary alicyclic amines) is 1. The van der Waals surface area contributed by atoms with Gasteiger partial charge in [-0.1, -0.05) is 35.4 Å². The van der Waals surface area contributed by atoms with Crippen molar-refractivity contribution in [1.29, 1.82) is 0 Å². The standard InChI is InChI=1S/C28H37ClN4O2/c1-22-6-8-24(9-7-22)28(35)33-14-10-23(11-15-33)20-27(34)30-12-3-13-31-16-18-32(19-17-31)26-5-2-4-25(29)21-26/h2,4-9,21,23H,3,10-20H2,1H3,(H,30,34). The van der Waals surface area contributed by atoms with E-state index in [1.807, 2.05) is 54.3 Å². The van der Waals surface area contributed by atoms with Crippen LogP contribution in [0, 0.1) is 12.8 Å². The lowest BCUT2D eigenvalue weighted by Gasteiger charge is -2.36. The maximum absolute atomic E-state index is 12.7. The van der Waals surface area contributed by atoms with Crippen LogP contribution in [0.1, 0.15) is 41.6 Å². The SMILES string of the molecule is Cc1ccc(C(=O)N2CCC(CC(=O)NCCCN3CCN(c4cccc(Cl)c4)CC3)CC2)cc1. The molecule has 0 bridgehead atoms. The number of piperazine rings is 1. The average Bonchev–Trinajstić information content (AvgIpc) is 2.87. The summed E-state index contributed by atoms with van der Waals surface area (Å²) >= 11 is 6.12. The highest BCUT2D eigenvalue weighted by atomic mass is 35.5. The van der Waals surface area contributed by atoms with Gasteiger partial charge >= 0.3 is 0 Å². The fourth-order valence-electron chi connectivity index (χ4n) is 4.99. The second-order valence-electron chi connectivity index (χ2n) is 9.82. The van der Waals surface area contributed by atoms with E-state index in [1.165, 1.54) is 5.69 Å². The normalized spacial score (nSPS) is 17.4. The molecule has 2 aliphatic rings. The van der Waals surface area contributed by atoms with Crippen molar-refractivity contribution in [2.75, 3.05) is 57.3 Å². The lowest BCUT2D eigenvalue weighted by molar-refractivity contribution is -0.122. The first-order valence-corrected chi connectivity index (χ1v) is 13.2. The van der Waals surface area contributed by atoms with Crippen LogP contribution in [-0.4, -0.2) is 74.0 Å². The van der Waals surface area contributed by atoms with E-state index >= 15 is 0 Å². The van der Waals surface area contributed by atoms with E-state index in [1.54, 1.807) is 0 Å². The molecule has 2 aromatic rings. The molecule has 0 unspecified atom stereocenters. The summed E-state index contributed by atoms with van der Waals surface area (Å²) in [5, 5.41) is 3.88. The predicted octanol–water partition coefficient (Wildman–Crippen LogP) is 4.22. The Bertz CT molecular complexity index is 981. The van der Waals surface area contributed by atoms with Crippen molar-refractivity contribution in [1.82, 2.24) is 15.1 Å². The van der Waals surface area contributed by atoms with Gasteiger partial charge in [0.05, 0.1) is 0 Å². The summed E-state index contributed by atoms with van der Waals surface area (Å²) in [4.78, 5) is 31.9. The van der Waals surface area contributed by atoms with Crippen LogP contribution in [0.15, 0.2) is 48.5 Å². The van der Waals surface area contributed by atoms with Gasteiger partial charge < -0.3 is 15.1 Å². The quantitative estimate of drug-likeness (QED) is 0.556. The number of rotatable bonds is 8. The number of benzene rings is 2. The van der Waals surface area contributed by atoms with Crippen molar-refractivity contribution in [3.05, 3.63) is 64.7 Å². The highest BCUT2D eigenvalue weighted by Gasteiger charge is 2.25. The van der Waals surface area contributed by atoms with Crippen LogP contribution in [0.5, 0.6) is 0 Å². The molecule has 0 aliphatic carbocycles. The van der Waals surface area contributed by atoms with Crippen LogP contribution in [-0.2, 0) is 4.79 Å². The number of piperidine rings is 1. The minimum atomic E-state index is 0.0984. The van der Waals surface area contributed by atoms with Crippen LogP contribution in [0.2, 0.25) is 5.02 Å². The number of nitrogens with one attached hydrogen (secondary N) is 1. The maximum atomic E-state index is 12.7. The van der Waals surface area contributed by atoms with Crippen molar-refractivity contribution in [3.8, 4) is 0 Å². The molecule has 0 spiro atoms. The molecule has 0 saturated carbocycles. The largest absolute Gasteiger partial charge is 0.369 e. The first-order chi connectivity index (χ1) is 17.0. The maximum Gasteiger partial charge on any atom is 0.253 e. The Balaban J connectivity index is 1.08. The van der Waals surface area contributed by atoms with Gasteiger partial charge in [0.2, 0.25) is 5.91 Å². The smallest absolute Gasteiger partial charge is 0.253 e. The third-order valence-electron chi connectivity index (χ3n) is 7.19. The van der Waals surface area contributed by atoms with E-state index in [0.717, 1.165) is 87.8 Å². The van der Waals surface area contributed by atoms with Gasteiger partial charge in [-0.2, -0.15) is 0 Å². The fourth-order valence-corrected chi connectivity index (χ4v) is 5.17. The molecule has 2 amide bonds. The molecule has 1 N–H and O–H groups in total. The summed E-state index contributed by atoms with van der Waals surface area (Å²) in [6, 6.07) is 15.8. The zero-order chi connectivity index (χ0) is 24.6. The highest BCUT2D eigenvalue weighted by molar-refractivity contribution is 6.30. The summed E-state index contributed by atoms with van der Waals surface area (Å²) < 4.78 is 0. The van der Waals surface area contributed by atoms with Crippen LogP contribution in [0.3, 0.4) is 0 Å². The predicted molar refractivity (Wildman–Crippen MR) is 142 cm³/mol. The van der Waals surface area contributed by atoms with Gasteiger partial charge in [0.25, 0.3) is 5.91 Å². The summed E-state index contributed by atoms with van der Waals surface area (Å²) in [5.41, 5.74) is 3.09. The Hall–Kier alpha value is -2.57. The highest BCUT2D eigenvalue weighted by Crippen LogP contribution is 2.23. The van der Waals surface area contributed by atoms with Crippen molar-refractivity contribution >= 4 is 29.1 Å². The number of halogens is 1. The molecular formula is C28H37ClN4O2. The minimum Gasteiger partial charge on any atom is -0.369 e. The lowest BCUT2D eigenvalue weighted by Crippen LogP contribution is -2.47. The van der Waals surface area contributed by atoms with Gasteiger partial charge in [0, 0.05) is 68.5 Å². The lowest BCUT2D eigenvalue weighted by atomic mass is 9.93. The second kappa shape index (κ2) is 12.4. The molecule has 4 rings (SSSR count). The van der Waals surface area contributed by atoms with Crippen LogP contribution < -0.4 is 10.2 Å². The molecule has 35 heavy (non-hydrogen) atoms. The van der Waals surface area contributed by atoms with E-state index in [9.17, 15) is 9.59 Å². The van der Waals surface area contributed by atoms with E-state index < -0.39 is 0 Å². The zero-order valence-electron chi connectivity index (χ0n) is 20.7. The van der Waals surface area contributed by atoms with Gasteiger partial charge in [-0.05, 0) is 69.0 Å². The summed E-state index contributed by atoms with van der Waals surface area (Å²) in [7, 11) is 0. The van der Waals surface area contributed by atoms with Gasteiger partial charge in [-0.15, -0.1) is 0 Å². The second-order valence-corrected chi connectivity index (χ2v) is 10.3. The number of aryl methyl sites for hydroxylation is 1. The van der Waals surface area contributed by atoms with E-state index in [4.69, 9.17) is 11.6 Å².